The van der Waals surface area contributed by atoms with Crippen LogP contribution in [0.15, 0.2) is 28.6 Å². The van der Waals surface area contributed by atoms with Crippen molar-refractivity contribution in [3.05, 3.63) is 24.3 Å². The van der Waals surface area contributed by atoms with Gasteiger partial charge in [-0.25, -0.2) is 0 Å². The van der Waals surface area contributed by atoms with Crippen molar-refractivity contribution in [3.63, 3.8) is 0 Å². The van der Waals surface area contributed by atoms with Crippen LogP contribution in [0.3, 0.4) is 0 Å². The number of thioether (sulfide) groups is 1. The number of aromatic nitrogens is 2. The second kappa shape index (κ2) is 7.34. The third-order valence-electron chi connectivity index (χ3n) is 6.68. The zero-order valence-electron chi connectivity index (χ0n) is 16.0. The molecule has 0 aliphatic heterocycles. The van der Waals surface area contributed by atoms with Gasteiger partial charge in [-0.15, -0.1) is 10.2 Å². The molecule has 1 aromatic carbocycles. The Balaban J connectivity index is 1.20. The van der Waals surface area contributed by atoms with Crippen LogP contribution < -0.4 is 10.1 Å². The molecule has 0 spiro atoms. The number of hydrogen-bond donors (Lipinski definition) is 1. The molecule has 4 bridgehead atoms. The van der Waals surface area contributed by atoms with Gasteiger partial charge in [0.15, 0.2) is 4.34 Å². The summed E-state index contributed by atoms with van der Waals surface area (Å²) in [6, 6.07) is 7.72. The maximum Gasteiger partial charge on any atom is 0.210 e. The van der Waals surface area contributed by atoms with Crippen molar-refractivity contribution < 1.29 is 9.53 Å². The van der Waals surface area contributed by atoms with E-state index in [1.165, 1.54) is 30.6 Å². The predicted octanol–water partition coefficient (Wildman–Crippen LogP) is 5.17. The Kier molecular flexibility index (Phi) is 4.83. The number of anilines is 2. The Hall–Kier alpha value is -1.60. The van der Waals surface area contributed by atoms with Crippen LogP contribution in [0.2, 0.25) is 0 Å². The van der Waals surface area contributed by atoms with Gasteiger partial charge in [0.2, 0.25) is 5.13 Å². The first kappa shape index (κ1) is 18.4. The highest BCUT2D eigenvalue weighted by molar-refractivity contribution is 8.01. The molecule has 0 saturated heterocycles. The van der Waals surface area contributed by atoms with Crippen molar-refractivity contribution in [3.8, 4) is 5.75 Å². The van der Waals surface area contributed by atoms with Crippen molar-refractivity contribution in [2.45, 2.75) is 42.9 Å². The highest BCUT2D eigenvalue weighted by atomic mass is 32.2. The van der Waals surface area contributed by atoms with Crippen LogP contribution >= 0.6 is 23.1 Å². The molecule has 0 unspecified atom stereocenters. The first-order chi connectivity index (χ1) is 13.6. The minimum atomic E-state index is -0.0197. The maximum atomic E-state index is 13.1. The maximum absolute atomic E-state index is 13.1. The van der Waals surface area contributed by atoms with Crippen LogP contribution in [0.25, 0.3) is 0 Å². The molecule has 4 aliphatic rings. The molecule has 2 aromatic rings. The van der Waals surface area contributed by atoms with Gasteiger partial charge in [-0.2, -0.15) is 0 Å². The lowest BCUT2D eigenvalue weighted by atomic mass is 9.48. The lowest BCUT2D eigenvalue weighted by Crippen LogP contribution is -2.50. The van der Waals surface area contributed by atoms with Crippen LogP contribution in [-0.4, -0.2) is 28.8 Å². The van der Waals surface area contributed by atoms with Crippen LogP contribution in [0.5, 0.6) is 5.75 Å². The number of Topliss-reactive ketones (excluding diaryl/α,β-unsaturated/α-hetero) is 1. The topological polar surface area (TPSA) is 64.1 Å². The molecule has 6 rings (SSSR count). The molecule has 0 radical (unpaired) electrons. The van der Waals surface area contributed by atoms with Crippen molar-refractivity contribution in [1.82, 2.24) is 10.2 Å². The second-order valence-corrected chi connectivity index (χ2v) is 10.8. The molecule has 28 heavy (non-hydrogen) atoms. The third kappa shape index (κ3) is 3.54. The summed E-state index contributed by atoms with van der Waals surface area (Å²) in [5.41, 5.74) is 0.894. The van der Waals surface area contributed by atoms with Gasteiger partial charge >= 0.3 is 0 Å². The van der Waals surface area contributed by atoms with Crippen LogP contribution in [0, 0.1) is 23.2 Å². The van der Waals surface area contributed by atoms with Gasteiger partial charge in [0, 0.05) is 17.2 Å². The second-order valence-electron chi connectivity index (χ2n) is 8.64. The summed E-state index contributed by atoms with van der Waals surface area (Å²) in [5, 5.41) is 12.5. The quantitative estimate of drug-likeness (QED) is 0.630. The summed E-state index contributed by atoms with van der Waals surface area (Å²) in [6.07, 6.45) is 7.52. The summed E-state index contributed by atoms with van der Waals surface area (Å²) < 4.78 is 6.10. The number of carbonyl (C=O) groups is 1. The van der Waals surface area contributed by atoms with Gasteiger partial charge in [-0.1, -0.05) is 29.2 Å². The molecule has 4 saturated carbocycles. The van der Waals surface area contributed by atoms with Crippen molar-refractivity contribution in [2.75, 3.05) is 18.2 Å². The number of carbonyl (C=O) groups excluding carboxylic acids is 1. The molecule has 5 nitrogen and oxygen atoms in total. The number of ether oxygens (including phenoxy) is 1. The van der Waals surface area contributed by atoms with E-state index < -0.39 is 0 Å². The molecule has 148 valence electrons. The summed E-state index contributed by atoms with van der Waals surface area (Å²) >= 11 is 3.04. The number of nitrogens with zero attached hydrogens (tertiary/aromatic N) is 2. The smallest absolute Gasteiger partial charge is 0.210 e. The number of benzene rings is 1. The minimum Gasteiger partial charge on any atom is -0.497 e. The number of rotatable bonds is 7. The third-order valence-corrected chi connectivity index (χ3v) is 8.66. The van der Waals surface area contributed by atoms with E-state index in [-0.39, 0.29) is 5.41 Å². The van der Waals surface area contributed by atoms with E-state index in [0.29, 0.717) is 11.5 Å². The first-order valence-electron chi connectivity index (χ1n) is 10.0. The monoisotopic (exact) mass is 415 g/mol. The highest BCUT2D eigenvalue weighted by Gasteiger charge is 2.54. The average Bonchev–Trinajstić information content (AvgIpc) is 3.12. The Morgan fingerprint density at radius 1 is 1.21 bits per heavy atom. The summed E-state index contributed by atoms with van der Waals surface area (Å²) in [5.74, 6) is 4.19. The van der Waals surface area contributed by atoms with E-state index in [1.54, 1.807) is 18.9 Å². The van der Waals surface area contributed by atoms with Gasteiger partial charge in [-0.05, 0) is 68.4 Å². The Bertz CT molecular complexity index is 847. The predicted molar refractivity (Wildman–Crippen MR) is 113 cm³/mol. The number of ketones is 1. The van der Waals surface area contributed by atoms with Crippen LogP contribution in [-0.2, 0) is 4.79 Å². The number of hydrogen-bond acceptors (Lipinski definition) is 7. The van der Waals surface area contributed by atoms with Gasteiger partial charge in [0.05, 0.1) is 12.9 Å². The molecule has 1 heterocycles. The van der Waals surface area contributed by atoms with Crippen molar-refractivity contribution >= 4 is 39.7 Å². The SMILES string of the molecule is COc1cccc(Nc2nnc(SCC(=O)C34CC5CC(CC(C5)C3)C4)s2)c1. The van der Waals surface area contributed by atoms with E-state index in [0.717, 1.165) is 57.9 Å². The molecular formula is C21H25N3O2S2. The standard InChI is InChI=1S/C21H25N3O2S2/c1-26-17-4-2-3-16(8-17)22-19-23-24-20(28-19)27-12-18(25)21-9-13-5-14(10-21)7-15(6-13)11-21/h2-4,8,13-15H,5-7,9-12H2,1H3,(H,22,23). The van der Waals surface area contributed by atoms with E-state index in [1.807, 2.05) is 24.3 Å². The molecule has 1 aromatic heterocycles. The highest BCUT2D eigenvalue weighted by Crippen LogP contribution is 2.60. The molecular weight excluding hydrogens is 390 g/mol. The van der Waals surface area contributed by atoms with Crippen LogP contribution in [0.1, 0.15) is 38.5 Å². The summed E-state index contributed by atoms with van der Waals surface area (Å²) in [7, 11) is 1.65. The van der Waals surface area contributed by atoms with Crippen molar-refractivity contribution in [1.29, 1.82) is 0 Å². The molecule has 4 aliphatic carbocycles. The lowest BCUT2D eigenvalue weighted by molar-refractivity contribution is -0.141. The average molecular weight is 416 g/mol. The van der Waals surface area contributed by atoms with E-state index in [2.05, 4.69) is 15.5 Å². The van der Waals surface area contributed by atoms with Crippen molar-refractivity contribution in [2.24, 2.45) is 23.2 Å². The lowest BCUT2D eigenvalue weighted by Gasteiger charge is -2.56. The van der Waals surface area contributed by atoms with Gasteiger partial charge < -0.3 is 10.1 Å². The minimum absolute atomic E-state index is 0.0197. The van der Waals surface area contributed by atoms with Gasteiger partial charge in [-0.3, -0.25) is 4.79 Å². The fourth-order valence-corrected chi connectivity index (χ4v) is 7.68. The number of nitrogens with one attached hydrogen (secondary N) is 1. The molecule has 1 N–H and O–H groups in total. The fraction of sp³-hybridized carbons (Fsp3) is 0.571. The zero-order valence-corrected chi connectivity index (χ0v) is 17.7. The van der Waals surface area contributed by atoms with E-state index in [4.69, 9.17) is 4.74 Å². The fourth-order valence-electron chi connectivity index (χ4n) is 5.88. The molecule has 4 fully saturated rings. The molecule has 0 atom stereocenters. The Morgan fingerprint density at radius 3 is 2.61 bits per heavy atom. The van der Waals surface area contributed by atoms with Gasteiger partial charge in [0.1, 0.15) is 11.5 Å². The first-order valence-corrected chi connectivity index (χ1v) is 11.8. The zero-order chi connectivity index (χ0) is 19.1. The normalized spacial score (nSPS) is 30.4. The largest absolute Gasteiger partial charge is 0.497 e. The molecule has 0 amide bonds. The van der Waals surface area contributed by atoms with Gasteiger partial charge in [0.25, 0.3) is 0 Å². The van der Waals surface area contributed by atoms with E-state index in [9.17, 15) is 4.79 Å². The Labute approximate surface area is 173 Å². The van der Waals surface area contributed by atoms with E-state index >= 15 is 0 Å². The summed E-state index contributed by atoms with van der Waals surface area (Å²) in [6.45, 7) is 0. The number of methoxy groups -OCH3 is 1. The Morgan fingerprint density at radius 2 is 1.93 bits per heavy atom. The van der Waals surface area contributed by atoms with Crippen LogP contribution in [0.4, 0.5) is 10.8 Å². The summed E-state index contributed by atoms with van der Waals surface area (Å²) in [4.78, 5) is 13.1. The molecule has 7 heteroatoms.